The first-order chi connectivity index (χ1) is 7.58. The van der Waals surface area contributed by atoms with Crippen LogP contribution in [-0.2, 0) is 9.59 Å². The molecule has 0 spiro atoms. The molecule has 2 N–H and O–H groups in total. The second-order valence-corrected chi connectivity index (χ2v) is 5.68. The van der Waals surface area contributed by atoms with Gasteiger partial charge in [0.2, 0.25) is 0 Å². The Kier molecular flexibility index (Phi) is 3.19. The van der Waals surface area contributed by atoms with Gasteiger partial charge in [-0.2, -0.15) is 0 Å². The molecular formula is C13H18O4. The number of allylic oxidation sites excluding steroid dienone is 2. The zero-order valence-electron chi connectivity index (χ0n) is 10.6. The van der Waals surface area contributed by atoms with Gasteiger partial charge in [0.1, 0.15) is 0 Å². The van der Waals surface area contributed by atoms with Gasteiger partial charge in [-0.25, -0.2) is 4.79 Å². The summed E-state index contributed by atoms with van der Waals surface area (Å²) in [6.07, 6.45) is 3.25. The van der Waals surface area contributed by atoms with E-state index in [-0.39, 0.29) is 17.4 Å². The summed E-state index contributed by atoms with van der Waals surface area (Å²) in [6, 6.07) is 0. The maximum Gasteiger partial charge on any atom is 0.331 e. The first-order valence-corrected chi connectivity index (χ1v) is 5.47. The second-order valence-electron chi connectivity index (χ2n) is 5.68. The Balaban J connectivity index is 3.28. The average Bonchev–Trinajstić information content (AvgIpc) is 2.15. The molecule has 1 aliphatic carbocycles. The Morgan fingerprint density at radius 1 is 1.29 bits per heavy atom. The summed E-state index contributed by atoms with van der Waals surface area (Å²) in [4.78, 5) is 22.4. The van der Waals surface area contributed by atoms with E-state index < -0.39 is 17.4 Å². The van der Waals surface area contributed by atoms with Gasteiger partial charge >= 0.3 is 11.9 Å². The quantitative estimate of drug-likeness (QED) is 0.775. The first kappa shape index (κ1) is 13.5. The summed E-state index contributed by atoms with van der Waals surface area (Å²) >= 11 is 0. The molecule has 0 aromatic rings. The molecule has 0 amide bonds. The predicted molar refractivity (Wildman–Crippen MR) is 63.6 cm³/mol. The van der Waals surface area contributed by atoms with E-state index in [4.69, 9.17) is 5.11 Å². The van der Waals surface area contributed by atoms with Crippen LogP contribution >= 0.6 is 0 Å². The van der Waals surface area contributed by atoms with Crippen molar-refractivity contribution in [3.05, 3.63) is 23.3 Å². The maximum atomic E-state index is 11.2. The van der Waals surface area contributed by atoms with E-state index in [0.717, 1.165) is 0 Å². The molecule has 0 aromatic carbocycles. The van der Waals surface area contributed by atoms with Crippen LogP contribution in [0, 0.1) is 10.8 Å². The molecule has 0 aromatic heterocycles. The summed E-state index contributed by atoms with van der Waals surface area (Å²) in [5.74, 6) is -2.03. The van der Waals surface area contributed by atoms with Crippen molar-refractivity contribution in [1.82, 2.24) is 0 Å². The van der Waals surface area contributed by atoms with Gasteiger partial charge in [-0.1, -0.05) is 32.9 Å². The molecule has 94 valence electrons. The largest absolute Gasteiger partial charge is 0.481 e. The van der Waals surface area contributed by atoms with Crippen LogP contribution in [-0.4, -0.2) is 22.2 Å². The van der Waals surface area contributed by atoms with Gasteiger partial charge < -0.3 is 10.2 Å². The maximum absolute atomic E-state index is 11.2. The summed E-state index contributed by atoms with van der Waals surface area (Å²) in [7, 11) is 0. The van der Waals surface area contributed by atoms with Crippen molar-refractivity contribution in [2.45, 2.75) is 34.1 Å². The van der Waals surface area contributed by atoms with Crippen molar-refractivity contribution < 1.29 is 19.8 Å². The van der Waals surface area contributed by atoms with Gasteiger partial charge in [0.05, 0.1) is 5.41 Å². The highest BCUT2D eigenvalue weighted by atomic mass is 16.4. The number of rotatable bonds is 2. The highest BCUT2D eigenvalue weighted by Gasteiger charge is 2.38. The zero-order valence-corrected chi connectivity index (χ0v) is 10.6. The van der Waals surface area contributed by atoms with Crippen molar-refractivity contribution in [2.24, 2.45) is 10.8 Å². The van der Waals surface area contributed by atoms with Gasteiger partial charge in [0, 0.05) is 5.57 Å². The van der Waals surface area contributed by atoms with Crippen LogP contribution in [0.3, 0.4) is 0 Å². The van der Waals surface area contributed by atoms with Crippen LogP contribution in [0.4, 0.5) is 0 Å². The Bertz CT molecular complexity index is 423. The van der Waals surface area contributed by atoms with Crippen LogP contribution in [0.15, 0.2) is 23.3 Å². The third-order valence-corrected chi connectivity index (χ3v) is 3.04. The molecule has 1 atom stereocenters. The number of carboxylic acid groups (broad SMARTS) is 2. The topological polar surface area (TPSA) is 74.6 Å². The summed E-state index contributed by atoms with van der Waals surface area (Å²) in [5.41, 5.74) is -0.527. The van der Waals surface area contributed by atoms with Gasteiger partial charge in [0.25, 0.3) is 0 Å². The van der Waals surface area contributed by atoms with E-state index in [1.807, 2.05) is 20.8 Å². The lowest BCUT2D eigenvalue weighted by atomic mass is 9.72. The molecule has 0 fully saturated rings. The Hall–Kier alpha value is -1.58. The molecule has 4 heteroatoms. The van der Waals surface area contributed by atoms with E-state index in [0.29, 0.717) is 5.57 Å². The Morgan fingerprint density at radius 2 is 1.82 bits per heavy atom. The van der Waals surface area contributed by atoms with E-state index >= 15 is 0 Å². The molecule has 1 rings (SSSR count). The minimum atomic E-state index is -1.12. The van der Waals surface area contributed by atoms with E-state index in [1.54, 1.807) is 12.2 Å². The van der Waals surface area contributed by atoms with Crippen molar-refractivity contribution in [2.75, 3.05) is 0 Å². The van der Waals surface area contributed by atoms with Crippen LogP contribution < -0.4 is 0 Å². The molecule has 17 heavy (non-hydrogen) atoms. The zero-order chi connectivity index (χ0) is 13.4. The van der Waals surface area contributed by atoms with Crippen LogP contribution in [0.5, 0.6) is 0 Å². The van der Waals surface area contributed by atoms with E-state index in [1.165, 1.54) is 6.92 Å². The third kappa shape index (κ3) is 2.57. The third-order valence-electron chi connectivity index (χ3n) is 3.04. The molecule has 0 saturated heterocycles. The summed E-state index contributed by atoms with van der Waals surface area (Å²) < 4.78 is 0. The fraction of sp³-hybridized carbons (Fsp3) is 0.538. The lowest BCUT2D eigenvalue weighted by molar-refractivity contribution is -0.145. The van der Waals surface area contributed by atoms with Gasteiger partial charge in [-0.15, -0.1) is 0 Å². The minimum absolute atomic E-state index is 0.0285. The Morgan fingerprint density at radius 3 is 2.18 bits per heavy atom. The standard InChI is InChI=1S/C13H18O4/c1-12(2,3)9-5-6-13(4,11(16)17)7-8(9)10(14)15/h5-6H,7H2,1-4H3,(H,14,15)(H,16,17). The van der Waals surface area contributed by atoms with Gasteiger partial charge in [-0.3, -0.25) is 4.79 Å². The Labute approximate surface area is 101 Å². The van der Waals surface area contributed by atoms with Crippen molar-refractivity contribution in [3.8, 4) is 0 Å². The number of carboxylic acids is 2. The highest BCUT2D eigenvalue weighted by Crippen LogP contribution is 2.40. The lowest BCUT2D eigenvalue weighted by Crippen LogP contribution is -2.31. The smallest absolute Gasteiger partial charge is 0.331 e. The molecule has 0 bridgehead atoms. The molecule has 4 nitrogen and oxygen atoms in total. The summed E-state index contributed by atoms with van der Waals surface area (Å²) in [6.45, 7) is 7.28. The van der Waals surface area contributed by atoms with Crippen molar-refractivity contribution in [1.29, 1.82) is 0 Å². The first-order valence-electron chi connectivity index (χ1n) is 5.47. The number of aliphatic carboxylic acids is 2. The summed E-state index contributed by atoms with van der Waals surface area (Å²) in [5, 5.41) is 18.3. The fourth-order valence-corrected chi connectivity index (χ4v) is 1.93. The predicted octanol–water partition coefficient (Wildman–Crippen LogP) is 2.46. The van der Waals surface area contributed by atoms with Gasteiger partial charge in [-0.05, 0) is 24.3 Å². The molecule has 1 aliphatic rings. The average molecular weight is 238 g/mol. The number of carbonyl (C=O) groups is 2. The molecular weight excluding hydrogens is 220 g/mol. The van der Waals surface area contributed by atoms with Crippen LogP contribution in [0.2, 0.25) is 0 Å². The van der Waals surface area contributed by atoms with Crippen LogP contribution in [0.1, 0.15) is 34.1 Å². The highest BCUT2D eigenvalue weighted by molar-refractivity contribution is 5.91. The molecule has 0 heterocycles. The second kappa shape index (κ2) is 4.02. The van der Waals surface area contributed by atoms with Gasteiger partial charge in [0.15, 0.2) is 0 Å². The SMILES string of the molecule is CC(C)(C)C1=C(C(=O)O)CC(C)(C(=O)O)C=C1. The minimum Gasteiger partial charge on any atom is -0.481 e. The fourth-order valence-electron chi connectivity index (χ4n) is 1.93. The molecule has 1 unspecified atom stereocenters. The number of hydrogen-bond donors (Lipinski definition) is 2. The van der Waals surface area contributed by atoms with E-state index in [2.05, 4.69) is 0 Å². The normalized spacial score (nSPS) is 24.9. The van der Waals surface area contributed by atoms with Crippen molar-refractivity contribution >= 4 is 11.9 Å². The lowest BCUT2D eigenvalue weighted by Gasteiger charge is -2.31. The molecule has 0 aliphatic heterocycles. The van der Waals surface area contributed by atoms with E-state index in [9.17, 15) is 14.7 Å². The van der Waals surface area contributed by atoms with Crippen molar-refractivity contribution in [3.63, 3.8) is 0 Å². The van der Waals surface area contributed by atoms with Crippen LogP contribution in [0.25, 0.3) is 0 Å². The molecule has 0 saturated carbocycles. The monoisotopic (exact) mass is 238 g/mol. The molecule has 0 radical (unpaired) electrons. The number of hydrogen-bond acceptors (Lipinski definition) is 2.